The molecule has 0 aliphatic carbocycles. The van der Waals surface area contributed by atoms with Crippen molar-refractivity contribution in [2.75, 3.05) is 0 Å². The third-order valence-electron chi connectivity index (χ3n) is 3.31. The molecular formula is C15H13N5O3. The van der Waals surface area contributed by atoms with Gasteiger partial charge in [-0.1, -0.05) is 18.2 Å². The Morgan fingerprint density at radius 3 is 2.52 bits per heavy atom. The Balaban J connectivity index is 1.73. The summed E-state index contributed by atoms with van der Waals surface area (Å²) in [5.74, 6) is -0.261. The molecule has 1 amide bonds. The third kappa shape index (κ3) is 3.31. The number of carbonyl (C=O) groups excluding carboxylic acids is 1. The summed E-state index contributed by atoms with van der Waals surface area (Å²) in [4.78, 5) is 34.6. The number of aromatic nitrogens is 4. The van der Waals surface area contributed by atoms with Crippen LogP contribution < -0.4 is 16.4 Å². The molecule has 2 aromatic heterocycles. The van der Waals surface area contributed by atoms with Crippen LogP contribution in [-0.4, -0.2) is 26.3 Å². The van der Waals surface area contributed by atoms with Gasteiger partial charge in [-0.05, 0) is 12.1 Å². The number of nitrogens with zero attached hydrogens (tertiary/aromatic N) is 2. The highest BCUT2D eigenvalue weighted by Gasteiger charge is 2.10. The molecule has 3 aromatic rings. The van der Waals surface area contributed by atoms with E-state index in [1.54, 1.807) is 24.3 Å². The van der Waals surface area contributed by atoms with Crippen molar-refractivity contribution < 1.29 is 4.79 Å². The number of carbonyl (C=O) groups is 1. The molecular weight excluding hydrogens is 298 g/mol. The average Bonchev–Trinajstić information content (AvgIpc) is 2.57. The third-order valence-corrected chi connectivity index (χ3v) is 3.31. The van der Waals surface area contributed by atoms with Crippen molar-refractivity contribution >= 4 is 16.7 Å². The van der Waals surface area contributed by atoms with Crippen LogP contribution in [-0.2, 0) is 17.8 Å². The quantitative estimate of drug-likeness (QED) is 0.619. The zero-order valence-corrected chi connectivity index (χ0v) is 12.0. The number of nitrogens with one attached hydrogen (secondary N) is 3. The van der Waals surface area contributed by atoms with Gasteiger partial charge in [0.15, 0.2) is 0 Å². The van der Waals surface area contributed by atoms with Crippen molar-refractivity contribution in [2.45, 2.75) is 13.0 Å². The minimum Gasteiger partial charge on any atom is -0.350 e. The molecule has 0 atom stereocenters. The Kier molecular flexibility index (Phi) is 3.96. The SMILES string of the molecule is O=C(Cc1n[nH]c(=O)c2ccccc12)NCc1ccc(=O)[nH]n1. The molecule has 23 heavy (non-hydrogen) atoms. The van der Waals surface area contributed by atoms with E-state index in [0.29, 0.717) is 22.2 Å². The summed E-state index contributed by atoms with van der Waals surface area (Å²) in [5, 5.41) is 16.3. The van der Waals surface area contributed by atoms with Crippen molar-refractivity contribution in [3.8, 4) is 0 Å². The normalized spacial score (nSPS) is 10.6. The van der Waals surface area contributed by atoms with Gasteiger partial charge in [0.2, 0.25) is 5.91 Å². The van der Waals surface area contributed by atoms with E-state index in [9.17, 15) is 14.4 Å². The lowest BCUT2D eigenvalue weighted by Crippen LogP contribution is -2.26. The Labute approximate surface area is 129 Å². The van der Waals surface area contributed by atoms with Crippen molar-refractivity contribution in [1.82, 2.24) is 25.7 Å². The number of hydrogen-bond acceptors (Lipinski definition) is 5. The van der Waals surface area contributed by atoms with Crippen LogP contribution in [0.3, 0.4) is 0 Å². The number of benzene rings is 1. The molecule has 1 aromatic carbocycles. The maximum Gasteiger partial charge on any atom is 0.272 e. The topological polar surface area (TPSA) is 121 Å². The Morgan fingerprint density at radius 1 is 1.00 bits per heavy atom. The zero-order chi connectivity index (χ0) is 16.2. The fourth-order valence-corrected chi connectivity index (χ4v) is 2.18. The molecule has 0 radical (unpaired) electrons. The van der Waals surface area contributed by atoms with Crippen LogP contribution in [0.4, 0.5) is 0 Å². The lowest BCUT2D eigenvalue weighted by Gasteiger charge is -2.06. The Bertz CT molecular complexity index is 956. The predicted molar refractivity (Wildman–Crippen MR) is 82.8 cm³/mol. The van der Waals surface area contributed by atoms with Gasteiger partial charge in [-0.25, -0.2) is 10.2 Å². The van der Waals surface area contributed by atoms with E-state index in [0.717, 1.165) is 0 Å². The highest BCUT2D eigenvalue weighted by molar-refractivity contribution is 5.88. The first-order valence-electron chi connectivity index (χ1n) is 6.91. The van der Waals surface area contributed by atoms with Gasteiger partial charge in [0.1, 0.15) is 0 Å². The van der Waals surface area contributed by atoms with Crippen LogP contribution in [0.1, 0.15) is 11.4 Å². The maximum atomic E-state index is 12.0. The summed E-state index contributed by atoms with van der Waals surface area (Å²) < 4.78 is 0. The highest BCUT2D eigenvalue weighted by Crippen LogP contribution is 2.12. The van der Waals surface area contributed by atoms with E-state index in [2.05, 4.69) is 25.7 Å². The second-order valence-electron chi connectivity index (χ2n) is 4.91. The van der Waals surface area contributed by atoms with Crippen LogP contribution in [0.2, 0.25) is 0 Å². The number of rotatable bonds is 4. The number of amides is 1. The molecule has 0 saturated carbocycles. The first-order valence-corrected chi connectivity index (χ1v) is 6.91. The zero-order valence-electron chi connectivity index (χ0n) is 12.0. The minimum absolute atomic E-state index is 0.0284. The average molecular weight is 311 g/mol. The second-order valence-corrected chi connectivity index (χ2v) is 4.91. The molecule has 0 fully saturated rings. The molecule has 0 aliphatic rings. The van der Waals surface area contributed by atoms with Gasteiger partial charge < -0.3 is 5.32 Å². The van der Waals surface area contributed by atoms with Crippen LogP contribution in [0.5, 0.6) is 0 Å². The van der Waals surface area contributed by atoms with E-state index < -0.39 is 0 Å². The maximum absolute atomic E-state index is 12.0. The standard InChI is InChI=1S/C15H13N5O3/c21-13-6-5-9(17-19-13)8-16-14(22)7-12-10-3-1-2-4-11(10)15(23)20-18-12/h1-6H,7-8H2,(H,16,22)(H,19,21)(H,20,23). The molecule has 0 unspecified atom stereocenters. The van der Waals surface area contributed by atoms with Crippen molar-refractivity contribution in [3.05, 3.63) is 68.5 Å². The molecule has 2 heterocycles. The molecule has 3 rings (SSSR count). The molecule has 8 nitrogen and oxygen atoms in total. The molecule has 0 spiro atoms. The van der Waals surface area contributed by atoms with Gasteiger partial charge >= 0.3 is 0 Å². The number of H-pyrrole nitrogens is 2. The van der Waals surface area contributed by atoms with Gasteiger partial charge in [0.05, 0.1) is 29.7 Å². The largest absolute Gasteiger partial charge is 0.350 e. The van der Waals surface area contributed by atoms with E-state index in [-0.39, 0.29) is 30.0 Å². The molecule has 0 saturated heterocycles. The van der Waals surface area contributed by atoms with E-state index in [1.807, 2.05) is 0 Å². The summed E-state index contributed by atoms with van der Waals surface area (Å²) in [6, 6.07) is 9.85. The lowest BCUT2D eigenvalue weighted by atomic mass is 10.1. The van der Waals surface area contributed by atoms with Gasteiger partial charge in [-0.15, -0.1) is 0 Å². The smallest absolute Gasteiger partial charge is 0.272 e. The molecule has 0 aliphatic heterocycles. The number of aromatic amines is 2. The summed E-state index contributed by atoms with van der Waals surface area (Å²) in [7, 11) is 0. The van der Waals surface area contributed by atoms with Gasteiger partial charge in [0, 0.05) is 11.5 Å². The van der Waals surface area contributed by atoms with Crippen LogP contribution in [0.25, 0.3) is 10.8 Å². The van der Waals surface area contributed by atoms with Crippen molar-refractivity contribution in [2.24, 2.45) is 0 Å². The van der Waals surface area contributed by atoms with Crippen molar-refractivity contribution in [1.29, 1.82) is 0 Å². The van der Waals surface area contributed by atoms with E-state index in [4.69, 9.17) is 0 Å². The summed E-state index contributed by atoms with van der Waals surface area (Å²) in [6.07, 6.45) is 0.0284. The Morgan fingerprint density at radius 2 is 1.78 bits per heavy atom. The minimum atomic E-state index is -0.302. The molecule has 8 heteroatoms. The monoisotopic (exact) mass is 311 g/mol. The van der Waals surface area contributed by atoms with Crippen LogP contribution in [0.15, 0.2) is 46.0 Å². The first kappa shape index (κ1) is 14.6. The van der Waals surface area contributed by atoms with Gasteiger partial charge in [-0.3, -0.25) is 14.4 Å². The van der Waals surface area contributed by atoms with Crippen LogP contribution in [0, 0.1) is 0 Å². The van der Waals surface area contributed by atoms with E-state index in [1.165, 1.54) is 12.1 Å². The summed E-state index contributed by atoms with van der Waals surface area (Å²) in [6.45, 7) is 0.191. The van der Waals surface area contributed by atoms with Gasteiger partial charge in [-0.2, -0.15) is 10.2 Å². The summed E-state index contributed by atoms with van der Waals surface area (Å²) in [5.41, 5.74) is 0.440. The fourth-order valence-electron chi connectivity index (χ4n) is 2.18. The first-order chi connectivity index (χ1) is 11.1. The van der Waals surface area contributed by atoms with Gasteiger partial charge in [0.25, 0.3) is 11.1 Å². The second kappa shape index (κ2) is 6.22. The molecule has 3 N–H and O–H groups in total. The van der Waals surface area contributed by atoms with Crippen LogP contribution >= 0.6 is 0 Å². The predicted octanol–water partition coefficient (Wildman–Crippen LogP) is -0.135. The summed E-state index contributed by atoms with van der Waals surface area (Å²) >= 11 is 0. The number of hydrogen-bond donors (Lipinski definition) is 3. The Hall–Kier alpha value is -3.29. The molecule has 0 bridgehead atoms. The highest BCUT2D eigenvalue weighted by atomic mass is 16.2. The number of fused-ring (bicyclic) bond motifs is 1. The van der Waals surface area contributed by atoms with Crippen molar-refractivity contribution in [3.63, 3.8) is 0 Å². The lowest BCUT2D eigenvalue weighted by molar-refractivity contribution is -0.120. The fraction of sp³-hybridized carbons (Fsp3) is 0.133. The molecule has 116 valence electrons. The van der Waals surface area contributed by atoms with E-state index >= 15 is 0 Å².